The third-order valence-electron chi connectivity index (χ3n) is 8.02. The number of halogens is 7. The van der Waals surface area contributed by atoms with Crippen molar-refractivity contribution in [2.45, 2.75) is 43.6 Å². The molecule has 1 aliphatic carbocycles. The third-order valence-corrected chi connectivity index (χ3v) is 8.02. The molecule has 2 unspecified atom stereocenters. The highest BCUT2D eigenvalue weighted by Crippen LogP contribution is 2.38. The summed E-state index contributed by atoms with van der Waals surface area (Å²) < 4.78 is 94.0. The number of rotatable bonds is 4. The Kier molecular flexibility index (Phi) is 7.58. The summed E-state index contributed by atoms with van der Waals surface area (Å²) in [5, 5.41) is 0. The van der Waals surface area contributed by atoms with Gasteiger partial charge in [-0.1, -0.05) is 12.1 Å². The van der Waals surface area contributed by atoms with Gasteiger partial charge in [-0.15, -0.1) is 0 Å². The molecular formula is C28H28F7N3O2. The summed E-state index contributed by atoms with van der Waals surface area (Å²) in [4.78, 5) is 31.1. The summed E-state index contributed by atoms with van der Waals surface area (Å²) in [6.45, 7) is 2.45. The molecule has 2 amide bonds. The van der Waals surface area contributed by atoms with Gasteiger partial charge in [-0.05, 0) is 55.2 Å². The molecule has 3 aliphatic rings. The van der Waals surface area contributed by atoms with Crippen LogP contribution in [0.1, 0.15) is 52.2 Å². The SMILES string of the molecule is O=C(c1cc(C(F)(F)F)cc(C(F)(F)F)c1)N1CCC(N2CCN(C(=O)C3CC3)CC2)C(c2ccc(F)cc2)C1. The van der Waals surface area contributed by atoms with Crippen molar-refractivity contribution in [1.82, 2.24) is 14.7 Å². The van der Waals surface area contributed by atoms with Crippen LogP contribution in [0, 0.1) is 11.7 Å². The van der Waals surface area contributed by atoms with E-state index in [9.17, 15) is 40.3 Å². The van der Waals surface area contributed by atoms with Crippen LogP contribution in [0.15, 0.2) is 42.5 Å². The predicted molar refractivity (Wildman–Crippen MR) is 131 cm³/mol. The minimum Gasteiger partial charge on any atom is -0.340 e. The van der Waals surface area contributed by atoms with Crippen molar-refractivity contribution in [3.8, 4) is 0 Å². The van der Waals surface area contributed by atoms with E-state index in [1.807, 2.05) is 4.90 Å². The quantitative estimate of drug-likeness (QED) is 0.461. The Labute approximate surface area is 226 Å². The molecule has 2 heterocycles. The van der Waals surface area contributed by atoms with E-state index in [0.717, 1.165) is 12.8 Å². The Morgan fingerprint density at radius 3 is 1.82 bits per heavy atom. The lowest BCUT2D eigenvalue weighted by Crippen LogP contribution is -2.57. The van der Waals surface area contributed by atoms with Crippen LogP contribution < -0.4 is 0 Å². The van der Waals surface area contributed by atoms with E-state index >= 15 is 0 Å². The lowest BCUT2D eigenvalue weighted by molar-refractivity contribution is -0.143. The van der Waals surface area contributed by atoms with Crippen LogP contribution in [-0.4, -0.2) is 71.8 Å². The molecule has 0 N–H and O–H groups in total. The first kappa shape index (κ1) is 28.4. The summed E-state index contributed by atoms with van der Waals surface area (Å²) in [5.74, 6) is -1.48. The monoisotopic (exact) mass is 571 g/mol. The molecule has 40 heavy (non-hydrogen) atoms. The average molecular weight is 572 g/mol. The summed E-state index contributed by atoms with van der Waals surface area (Å²) in [6.07, 6.45) is -7.90. The molecule has 2 aromatic rings. The lowest BCUT2D eigenvalue weighted by atomic mass is 9.84. The number of likely N-dealkylation sites (tertiary alicyclic amines) is 1. The smallest absolute Gasteiger partial charge is 0.340 e. The van der Waals surface area contributed by atoms with Gasteiger partial charge in [0.05, 0.1) is 11.1 Å². The number of carbonyl (C=O) groups is 2. The molecule has 216 valence electrons. The van der Waals surface area contributed by atoms with Gasteiger partial charge in [0.2, 0.25) is 5.91 Å². The second kappa shape index (κ2) is 10.7. The number of benzene rings is 2. The van der Waals surface area contributed by atoms with Crippen molar-refractivity contribution in [3.63, 3.8) is 0 Å². The molecule has 0 aromatic heterocycles. The Balaban J connectivity index is 1.38. The normalized spacial score (nSPS) is 22.9. The van der Waals surface area contributed by atoms with E-state index in [1.165, 1.54) is 17.0 Å². The van der Waals surface area contributed by atoms with Crippen molar-refractivity contribution in [2.24, 2.45) is 5.92 Å². The van der Waals surface area contributed by atoms with Gasteiger partial charge in [0.15, 0.2) is 0 Å². The van der Waals surface area contributed by atoms with Crippen molar-refractivity contribution >= 4 is 11.8 Å². The molecule has 2 aliphatic heterocycles. The Morgan fingerprint density at radius 2 is 1.30 bits per heavy atom. The van der Waals surface area contributed by atoms with Crippen LogP contribution in [0.4, 0.5) is 30.7 Å². The molecule has 0 spiro atoms. The number of hydrogen-bond donors (Lipinski definition) is 0. The number of alkyl halides is 6. The molecule has 2 saturated heterocycles. The van der Waals surface area contributed by atoms with Gasteiger partial charge in [0.25, 0.3) is 5.91 Å². The first-order valence-electron chi connectivity index (χ1n) is 13.2. The molecule has 5 rings (SSSR count). The summed E-state index contributed by atoms with van der Waals surface area (Å²) in [5.41, 5.74) is -3.07. The first-order valence-corrected chi connectivity index (χ1v) is 13.2. The van der Waals surface area contributed by atoms with Crippen LogP contribution in [0.2, 0.25) is 0 Å². The van der Waals surface area contributed by atoms with Gasteiger partial charge in [-0.3, -0.25) is 14.5 Å². The number of piperidine rings is 1. The van der Waals surface area contributed by atoms with E-state index < -0.39 is 40.8 Å². The van der Waals surface area contributed by atoms with Crippen molar-refractivity contribution < 1.29 is 40.3 Å². The molecule has 1 saturated carbocycles. The summed E-state index contributed by atoms with van der Waals surface area (Å²) >= 11 is 0. The standard InChI is InChI=1S/C28H28F7N3O2/c29-22-5-3-17(4-6-22)23-16-38(8-7-24(23)36-9-11-37(12-10-36)25(39)18-1-2-18)26(40)19-13-20(27(30,31)32)15-21(14-19)28(33,34)35/h3-6,13-15,18,23-24H,1-2,7-12,16H2. The maximum Gasteiger partial charge on any atom is 0.416 e. The number of amides is 2. The maximum absolute atomic E-state index is 13.7. The number of carbonyl (C=O) groups excluding carboxylic acids is 2. The van der Waals surface area contributed by atoms with Gasteiger partial charge in [0.1, 0.15) is 5.82 Å². The van der Waals surface area contributed by atoms with Crippen molar-refractivity contribution in [1.29, 1.82) is 0 Å². The minimum atomic E-state index is -5.07. The van der Waals surface area contributed by atoms with Gasteiger partial charge < -0.3 is 9.80 Å². The zero-order chi connectivity index (χ0) is 28.8. The maximum atomic E-state index is 13.7. The van der Waals surface area contributed by atoms with E-state index in [1.54, 1.807) is 12.1 Å². The summed E-state index contributed by atoms with van der Waals surface area (Å²) in [7, 11) is 0. The summed E-state index contributed by atoms with van der Waals surface area (Å²) in [6, 6.07) is 6.51. The lowest BCUT2D eigenvalue weighted by Gasteiger charge is -2.47. The molecule has 0 bridgehead atoms. The molecular weight excluding hydrogens is 543 g/mol. The molecule has 0 radical (unpaired) electrons. The fraction of sp³-hybridized carbons (Fsp3) is 0.500. The highest BCUT2D eigenvalue weighted by molar-refractivity contribution is 5.95. The number of nitrogens with zero attached hydrogens (tertiary/aromatic N) is 3. The average Bonchev–Trinajstić information content (AvgIpc) is 3.77. The van der Waals surface area contributed by atoms with Gasteiger partial charge >= 0.3 is 12.4 Å². The first-order chi connectivity index (χ1) is 18.8. The molecule has 12 heteroatoms. The van der Waals surface area contributed by atoms with Crippen molar-refractivity contribution in [3.05, 3.63) is 70.5 Å². The van der Waals surface area contributed by atoms with Gasteiger partial charge in [-0.25, -0.2) is 4.39 Å². The van der Waals surface area contributed by atoms with E-state index in [0.29, 0.717) is 50.3 Å². The fourth-order valence-electron chi connectivity index (χ4n) is 5.72. The van der Waals surface area contributed by atoms with E-state index in [4.69, 9.17) is 0 Å². The van der Waals surface area contributed by atoms with E-state index in [2.05, 4.69) is 4.90 Å². The Morgan fingerprint density at radius 1 is 0.725 bits per heavy atom. The topological polar surface area (TPSA) is 43.9 Å². The van der Waals surface area contributed by atoms with Gasteiger partial charge in [0, 0.05) is 62.7 Å². The Bertz CT molecular complexity index is 1220. The van der Waals surface area contributed by atoms with Crippen LogP contribution in [0.25, 0.3) is 0 Å². The molecule has 3 fully saturated rings. The van der Waals surface area contributed by atoms with Crippen LogP contribution in [0.3, 0.4) is 0 Å². The number of hydrogen-bond acceptors (Lipinski definition) is 3. The predicted octanol–water partition coefficient (Wildman–Crippen LogP) is 5.42. The second-order valence-electron chi connectivity index (χ2n) is 10.7. The second-order valence-corrected chi connectivity index (χ2v) is 10.7. The highest BCUT2D eigenvalue weighted by atomic mass is 19.4. The zero-order valence-corrected chi connectivity index (χ0v) is 21.4. The number of piperazine rings is 1. The minimum absolute atomic E-state index is 0.00204. The zero-order valence-electron chi connectivity index (χ0n) is 21.4. The third kappa shape index (κ3) is 6.11. The molecule has 5 nitrogen and oxygen atoms in total. The van der Waals surface area contributed by atoms with Gasteiger partial charge in [-0.2, -0.15) is 26.3 Å². The highest BCUT2D eigenvalue weighted by Gasteiger charge is 2.41. The van der Waals surface area contributed by atoms with Crippen LogP contribution >= 0.6 is 0 Å². The molecule has 2 aromatic carbocycles. The largest absolute Gasteiger partial charge is 0.416 e. The van der Waals surface area contributed by atoms with E-state index in [-0.39, 0.29) is 42.9 Å². The molecule has 2 atom stereocenters. The van der Waals surface area contributed by atoms with Crippen molar-refractivity contribution in [2.75, 3.05) is 39.3 Å². The Hall–Kier alpha value is -3.15. The fourth-order valence-corrected chi connectivity index (χ4v) is 5.72. The van der Waals surface area contributed by atoms with Crippen LogP contribution in [-0.2, 0) is 17.1 Å². The van der Waals surface area contributed by atoms with Crippen LogP contribution in [0.5, 0.6) is 0 Å².